The minimum absolute atomic E-state index is 0.248. The predicted molar refractivity (Wildman–Crippen MR) is 136 cm³/mol. The number of benzene rings is 1. The quantitative estimate of drug-likeness (QED) is 0.476. The van der Waals surface area contributed by atoms with Gasteiger partial charge in [0.05, 0.1) is 17.1 Å². The van der Waals surface area contributed by atoms with Crippen LogP contribution in [0.3, 0.4) is 0 Å². The summed E-state index contributed by atoms with van der Waals surface area (Å²) in [4.78, 5) is 13.9. The van der Waals surface area contributed by atoms with Gasteiger partial charge in [-0.05, 0) is 49.3 Å². The first-order chi connectivity index (χ1) is 15.2. The molecule has 0 radical (unpaired) electrons. The Hall–Kier alpha value is -3.07. The lowest BCUT2D eigenvalue weighted by Crippen LogP contribution is -2.21. The molecule has 1 aliphatic carbocycles. The Balaban J connectivity index is 0.00000132. The van der Waals surface area contributed by atoms with Gasteiger partial charge in [0, 0.05) is 30.4 Å². The molecule has 31 heavy (non-hydrogen) atoms. The maximum atomic E-state index is 5.00. The summed E-state index contributed by atoms with van der Waals surface area (Å²) in [7, 11) is 1.88. The number of allylic oxidation sites excluding steroid dienone is 7. The molecule has 0 saturated carbocycles. The van der Waals surface area contributed by atoms with Crippen LogP contribution in [0, 0.1) is 5.92 Å². The molecule has 0 fully saturated rings. The second-order valence-electron chi connectivity index (χ2n) is 7.52. The molecule has 1 aromatic carbocycles. The standard InChI is InChI=1S/C26H27N3.C2H6/c1-4-19-14-15-24(27-3)21(19)12-8-9-13-22-23-16-17-28-18(2)25(23)29-26(22)20-10-6-5-7-11-20;1-2/h4-8,10-12,16-17,23H,1,9,13-15H2,2-3H3;1-2H3/b12-8-,27-24?;. The molecule has 0 saturated heterocycles. The van der Waals surface area contributed by atoms with Gasteiger partial charge in [0.1, 0.15) is 0 Å². The third-order valence-electron chi connectivity index (χ3n) is 5.84. The maximum absolute atomic E-state index is 5.00. The molecule has 3 aliphatic rings. The molecule has 4 rings (SSSR count). The molecular formula is C28H33N3. The molecule has 2 heterocycles. The SMILES string of the molecule is C=CC1=C(/C=C\CCC2=C(c3ccccc3)N=C3C(C)=NC=CC32)C(=NC)CC1.CC. The summed E-state index contributed by atoms with van der Waals surface area (Å²) in [5.74, 6) is 0.248. The van der Waals surface area contributed by atoms with Gasteiger partial charge in [-0.3, -0.25) is 9.98 Å². The zero-order chi connectivity index (χ0) is 22.2. The number of hydrogen-bond acceptors (Lipinski definition) is 3. The van der Waals surface area contributed by atoms with E-state index in [2.05, 4.69) is 66.0 Å². The van der Waals surface area contributed by atoms with Gasteiger partial charge in [0.2, 0.25) is 0 Å². The molecule has 0 amide bonds. The van der Waals surface area contributed by atoms with Crippen molar-refractivity contribution in [2.75, 3.05) is 7.05 Å². The Morgan fingerprint density at radius 1 is 1.16 bits per heavy atom. The molecule has 0 aromatic heterocycles. The number of fused-ring (bicyclic) bond motifs is 1. The number of nitrogens with zero attached hydrogens (tertiary/aromatic N) is 3. The zero-order valence-electron chi connectivity index (χ0n) is 19.2. The summed E-state index contributed by atoms with van der Waals surface area (Å²) >= 11 is 0. The fraction of sp³-hybridized carbons (Fsp3) is 0.321. The lowest BCUT2D eigenvalue weighted by Gasteiger charge is -2.16. The highest BCUT2D eigenvalue weighted by molar-refractivity contribution is 6.45. The van der Waals surface area contributed by atoms with Gasteiger partial charge in [0.15, 0.2) is 0 Å². The topological polar surface area (TPSA) is 37.1 Å². The Bertz CT molecular complexity index is 1030. The van der Waals surface area contributed by atoms with Crippen LogP contribution in [0.25, 0.3) is 5.70 Å². The normalized spacial score (nSPS) is 21.3. The first-order valence-electron chi connectivity index (χ1n) is 11.3. The third-order valence-corrected chi connectivity index (χ3v) is 5.84. The molecule has 160 valence electrons. The van der Waals surface area contributed by atoms with Crippen LogP contribution < -0.4 is 0 Å². The monoisotopic (exact) mass is 411 g/mol. The Morgan fingerprint density at radius 2 is 1.94 bits per heavy atom. The highest BCUT2D eigenvalue weighted by Gasteiger charge is 2.30. The van der Waals surface area contributed by atoms with Crippen LogP contribution in [0.4, 0.5) is 0 Å². The molecule has 3 nitrogen and oxygen atoms in total. The number of rotatable bonds is 6. The van der Waals surface area contributed by atoms with E-state index < -0.39 is 0 Å². The average Bonchev–Trinajstić information content (AvgIpc) is 3.40. The van der Waals surface area contributed by atoms with Crippen LogP contribution >= 0.6 is 0 Å². The zero-order valence-corrected chi connectivity index (χ0v) is 19.2. The minimum Gasteiger partial charge on any atom is -0.292 e. The second-order valence-corrected chi connectivity index (χ2v) is 7.52. The Kier molecular flexibility index (Phi) is 7.88. The first kappa shape index (κ1) is 22.6. The van der Waals surface area contributed by atoms with Crippen LogP contribution in [0.1, 0.15) is 52.0 Å². The predicted octanol–water partition coefficient (Wildman–Crippen LogP) is 7.17. The Labute approximate surface area is 187 Å². The maximum Gasteiger partial charge on any atom is 0.0733 e. The third kappa shape index (κ3) is 4.82. The van der Waals surface area contributed by atoms with E-state index in [1.807, 2.05) is 39.2 Å². The fourth-order valence-corrected chi connectivity index (χ4v) is 4.31. The molecule has 1 atom stereocenters. The van der Waals surface area contributed by atoms with E-state index in [1.54, 1.807) is 0 Å². The molecule has 2 aliphatic heterocycles. The van der Waals surface area contributed by atoms with E-state index in [1.165, 1.54) is 28.0 Å². The van der Waals surface area contributed by atoms with Crippen molar-refractivity contribution in [2.45, 2.75) is 46.5 Å². The molecular weight excluding hydrogens is 378 g/mol. The van der Waals surface area contributed by atoms with Crippen molar-refractivity contribution in [1.82, 2.24) is 0 Å². The van der Waals surface area contributed by atoms with Crippen LogP contribution in [-0.2, 0) is 0 Å². The molecule has 1 unspecified atom stereocenters. The van der Waals surface area contributed by atoms with Crippen LogP contribution in [0.2, 0.25) is 0 Å². The van der Waals surface area contributed by atoms with Crippen molar-refractivity contribution in [2.24, 2.45) is 20.9 Å². The Morgan fingerprint density at radius 3 is 2.65 bits per heavy atom. The van der Waals surface area contributed by atoms with E-state index in [0.29, 0.717) is 0 Å². The highest BCUT2D eigenvalue weighted by Crippen LogP contribution is 2.38. The molecule has 0 bridgehead atoms. The van der Waals surface area contributed by atoms with Gasteiger partial charge in [-0.2, -0.15) is 0 Å². The van der Waals surface area contributed by atoms with Gasteiger partial charge >= 0.3 is 0 Å². The van der Waals surface area contributed by atoms with Crippen molar-refractivity contribution in [1.29, 1.82) is 0 Å². The molecule has 0 spiro atoms. The first-order valence-corrected chi connectivity index (χ1v) is 11.3. The average molecular weight is 412 g/mol. The fourth-order valence-electron chi connectivity index (χ4n) is 4.31. The van der Waals surface area contributed by atoms with Crippen molar-refractivity contribution in [3.8, 4) is 0 Å². The number of hydrogen-bond donors (Lipinski definition) is 0. The van der Waals surface area contributed by atoms with Crippen LogP contribution in [0.5, 0.6) is 0 Å². The summed E-state index contributed by atoms with van der Waals surface area (Å²) in [6.07, 6.45) is 14.6. The molecule has 3 heteroatoms. The summed E-state index contributed by atoms with van der Waals surface area (Å²) in [6, 6.07) is 10.5. The lowest BCUT2D eigenvalue weighted by molar-refractivity contribution is 0.887. The lowest BCUT2D eigenvalue weighted by atomic mass is 9.87. The van der Waals surface area contributed by atoms with Crippen molar-refractivity contribution >= 4 is 22.8 Å². The van der Waals surface area contributed by atoms with E-state index in [0.717, 1.165) is 42.8 Å². The van der Waals surface area contributed by atoms with Crippen molar-refractivity contribution < 1.29 is 0 Å². The summed E-state index contributed by atoms with van der Waals surface area (Å²) < 4.78 is 0. The second kappa shape index (κ2) is 10.8. The van der Waals surface area contributed by atoms with Gasteiger partial charge in [-0.25, -0.2) is 4.99 Å². The summed E-state index contributed by atoms with van der Waals surface area (Å²) in [5.41, 5.74) is 9.54. The van der Waals surface area contributed by atoms with E-state index in [-0.39, 0.29) is 5.92 Å². The number of aliphatic imine (C=N–C) groups is 3. The summed E-state index contributed by atoms with van der Waals surface area (Å²) in [6.45, 7) is 10.0. The largest absolute Gasteiger partial charge is 0.292 e. The van der Waals surface area contributed by atoms with Crippen LogP contribution in [0.15, 0.2) is 99.1 Å². The van der Waals surface area contributed by atoms with Gasteiger partial charge in [-0.1, -0.05) is 75.1 Å². The van der Waals surface area contributed by atoms with E-state index in [4.69, 9.17) is 4.99 Å². The van der Waals surface area contributed by atoms with Gasteiger partial charge in [-0.15, -0.1) is 0 Å². The molecule has 1 aromatic rings. The van der Waals surface area contributed by atoms with Crippen molar-refractivity contribution in [3.63, 3.8) is 0 Å². The smallest absolute Gasteiger partial charge is 0.0733 e. The van der Waals surface area contributed by atoms with E-state index in [9.17, 15) is 0 Å². The molecule has 0 N–H and O–H groups in total. The van der Waals surface area contributed by atoms with E-state index >= 15 is 0 Å². The van der Waals surface area contributed by atoms with Gasteiger partial charge in [0.25, 0.3) is 0 Å². The van der Waals surface area contributed by atoms with Gasteiger partial charge < -0.3 is 0 Å². The van der Waals surface area contributed by atoms with Crippen LogP contribution in [-0.4, -0.2) is 24.2 Å². The summed E-state index contributed by atoms with van der Waals surface area (Å²) in [5, 5.41) is 0. The minimum atomic E-state index is 0.248. The van der Waals surface area contributed by atoms with Crippen molar-refractivity contribution in [3.05, 3.63) is 89.7 Å². The highest BCUT2D eigenvalue weighted by atomic mass is 14.9.